The number of halogens is 1. The third kappa shape index (κ3) is 6.25. The van der Waals surface area contributed by atoms with Crippen LogP contribution >= 0.6 is 11.6 Å². The Morgan fingerprint density at radius 2 is 1.69 bits per heavy atom. The zero-order valence-corrected chi connectivity index (χ0v) is 24.2. The Kier molecular flexibility index (Phi) is 8.35. The molecule has 0 saturated carbocycles. The number of nitrogens with zero attached hydrogens (tertiary/aromatic N) is 4. The third-order valence-electron chi connectivity index (χ3n) is 8.72. The number of benzene rings is 3. The summed E-state index contributed by atoms with van der Waals surface area (Å²) >= 11 is 6.12. The van der Waals surface area contributed by atoms with E-state index in [1.54, 1.807) is 12.7 Å². The smallest absolute Gasteiger partial charge is 0.245 e. The number of amides is 2. The zero-order chi connectivity index (χ0) is 28.9. The molecule has 1 aromatic heterocycles. The zero-order valence-electron chi connectivity index (χ0n) is 23.5. The summed E-state index contributed by atoms with van der Waals surface area (Å²) in [6.45, 7) is 2.50. The van der Waals surface area contributed by atoms with Gasteiger partial charge in [0, 0.05) is 36.5 Å². The second kappa shape index (κ2) is 12.5. The van der Waals surface area contributed by atoms with Crippen molar-refractivity contribution in [1.82, 2.24) is 30.3 Å². The summed E-state index contributed by atoms with van der Waals surface area (Å²) in [6, 6.07) is 25.0. The summed E-state index contributed by atoms with van der Waals surface area (Å²) in [4.78, 5) is 33.7. The fourth-order valence-corrected chi connectivity index (χ4v) is 6.42. The molecule has 1 fully saturated rings. The predicted molar refractivity (Wildman–Crippen MR) is 162 cm³/mol. The van der Waals surface area contributed by atoms with Gasteiger partial charge in [0.25, 0.3) is 0 Å². The number of hydrogen-bond donors (Lipinski definition) is 2. The lowest BCUT2D eigenvalue weighted by Crippen LogP contribution is -2.57. The van der Waals surface area contributed by atoms with Crippen molar-refractivity contribution in [2.24, 2.45) is 0 Å². The molecule has 216 valence electrons. The van der Waals surface area contributed by atoms with Crippen molar-refractivity contribution in [2.75, 3.05) is 13.1 Å². The van der Waals surface area contributed by atoms with Crippen LogP contribution in [0, 0.1) is 0 Å². The Morgan fingerprint density at radius 3 is 2.40 bits per heavy atom. The Balaban J connectivity index is 1.19. The molecule has 2 amide bonds. The number of piperidine rings is 1. The van der Waals surface area contributed by atoms with Gasteiger partial charge in [0.1, 0.15) is 18.7 Å². The van der Waals surface area contributed by atoms with Crippen molar-refractivity contribution in [3.05, 3.63) is 119 Å². The number of fused-ring (bicyclic) bond motifs is 1. The maximum absolute atomic E-state index is 14.1. The maximum Gasteiger partial charge on any atom is 0.245 e. The molecule has 2 N–H and O–H groups in total. The molecule has 2 unspecified atom stereocenters. The summed E-state index contributed by atoms with van der Waals surface area (Å²) in [5.74, 6) is -0.212. The number of carbonyl (C=O) groups is 2. The average Bonchev–Trinajstić information content (AvgIpc) is 3.55. The van der Waals surface area contributed by atoms with Crippen LogP contribution in [0.3, 0.4) is 0 Å². The monoisotopic (exact) mass is 582 g/mol. The van der Waals surface area contributed by atoms with E-state index in [-0.39, 0.29) is 17.2 Å². The highest BCUT2D eigenvalue weighted by Gasteiger charge is 2.40. The number of likely N-dealkylation sites (tertiary alicyclic amines) is 1. The van der Waals surface area contributed by atoms with E-state index in [4.69, 9.17) is 11.6 Å². The first-order chi connectivity index (χ1) is 20.5. The molecule has 6 rings (SSSR count). The molecule has 2 aliphatic rings. The van der Waals surface area contributed by atoms with E-state index < -0.39 is 12.1 Å². The molecular weight excluding hydrogens is 548 g/mol. The van der Waals surface area contributed by atoms with Crippen LogP contribution in [0.1, 0.15) is 35.1 Å². The van der Waals surface area contributed by atoms with E-state index in [9.17, 15) is 9.59 Å². The van der Waals surface area contributed by atoms with Crippen LogP contribution in [0.5, 0.6) is 0 Å². The maximum atomic E-state index is 14.1. The molecule has 1 saturated heterocycles. The summed E-state index contributed by atoms with van der Waals surface area (Å²) in [5.41, 5.74) is 4.39. The third-order valence-corrected chi connectivity index (χ3v) is 8.97. The average molecular weight is 583 g/mol. The minimum atomic E-state index is -0.683. The van der Waals surface area contributed by atoms with Gasteiger partial charge in [-0.15, -0.1) is 0 Å². The molecule has 8 nitrogen and oxygen atoms in total. The first-order valence-electron chi connectivity index (χ1n) is 14.5. The van der Waals surface area contributed by atoms with Crippen molar-refractivity contribution in [1.29, 1.82) is 0 Å². The first-order valence-corrected chi connectivity index (χ1v) is 14.9. The van der Waals surface area contributed by atoms with Gasteiger partial charge in [0.15, 0.2) is 0 Å². The van der Waals surface area contributed by atoms with Gasteiger partial charge < -0.3 is 15.5 Å². The molecular formula is C33H35ClN6O2. The van der Waals surface area contributed by atoms with Crippen molar-refractivity contribution in [3.63, 3.8) is 0 Å². The lowest BCUT2D eigenvalue weighted by atomic mass is 9.72. The van der Waals surface area contributed by atoms with Crippen molar-refractivity contribution in [2.45, 2.75) is 56.3 Å². The van der Waals surface area contributed by atoms with Crippen LogP contribution in [0.25, 0.3) is 0 Å². The van der Waals surface area contributed by atoms with E-state index in [1.807, 2.05) is 52.0 Å². The van der Waals surface area contributed by atoms with Crippen molar-refractivity contribution >= 4 is 23.4 Å². The van der Waals surface area contributed by atoms with Crippen LogP contribution in [0.4, 0.5) is 0 Å². The normalized spacial score (nSPS) is 18.6. The number of hydrogen-bond acceptors (Lipinski definition) is 5. The number of carbonyl (C=O) groups excluding carboxylic acids is 2. The topological polar surface area (TPSA) is 92.2 Å². The molecule has 4 aromatic rings. The standard InChI is InChI=1S/C33H35ClN6O2/c34-28-12-10-24(11-13-28)18-30(38-31(41)29-19-25-6-4-5-7-26(25)20-36-29)32(42)39-16-14-33(15-17-39,21-40-23-35-22-37-40)27-8-2-1-3-9-27/h1-13,22-23,29-30,36H,14-21H2,(H,38,41). The lowest BCUT2D eigenvalue weighted by molar-refractivity contribution is -0.138. The van der Waals surface area contributed by atoms with Gasteiger partial charge >= 0.3 is 0 Å². The van der Waals surface area contributed by atoms with E-state index in [2.05, 4.69) is 57.1 Å². The molecule has 0 radical (unpaired) electrons. The molecule has 0 spiro atoms. The molecule has 2 aliphatic heterocycles. The summed E-state index contributed by atoms with van der Waals surface area (Å²) in [5, 5.41) is 11.5. The van der Waals surface area contributed by atoms with Crippen molar-refractivity contribution < 1.29 is 9.59 Å². The molecule has 42 heavy (non-hydrogen) atoms. The highest BCUT2D eigenvalue weighted by molar-refractivity contribution is 6.30. The van der Waals surface area contributed by atoms with Gasteiger partial charge in [0.2, 0.25) is 11.8 Å². The highest BCUT2D eigenvalue weighted by atomic mass is 35.5. The van der Waals surface area contributed by atoms with Gasteiger partial charge in [0.05, 0.1) is 12.6 Å². The second-order valence-electron chi connectivity index (χ2n) is 11.4. The minimum Gasteiger partial charge on any atom is -0.343 e. The van der Waals surface area contributed by atoms with Crippen LogP contribution < -0.4 is 10.6 Å². The van der Waals surface area contributed by atoms with E-state index in [0.29, 0.717) is 44.0 Å². The fourth-order valence-electron chi connectivity index (χ4n) is 6.30. The van der Waals surface area contributed by atoms with Crippen molar-refractivity contribution in [3.8, 4) is 0 Å². The van der Waals surface area contributed by atoms with E-state index in [0.717, 1.165) is 24.0 Å². The molecule has 9 heteroatoms. The highest BCUT2D eigenvalue weighted by Crippen LogP contribution is 2.37. The van der Waals surface area contributed by atoms with Crippen LogP contribution in [0.2, 0.25) is 5.02 Å². The van der Waals surface area contributed by atoms with E-state index >= 15 is 0 Å². The van der Waals surface area contributed by atoms with Crippen LogP contribution in [-0.2, 0) is 40.9 Å². The van der Waals surface area contributed by atoms with Crippen LogP contribution in [0.15, 0.2) is 91.5 Å². The number of nitrogens with one attached hydrogen (secondary N) is 2. The van der Waals surface area contributed by atoms with Gasteiger partial charge in [-0.2, -0.15) is 5.10 Å². The Bertz CT molecular complexity index is 1500. The second-order valence-corrected chi connectivity index (χ2v) is 11.8. The molecule has 0 bridgehead atoms. The van der Waals surface area contributed by atoms with Gasteiger partial charge in [-0.05, 0) is 53.6 Å². The van der Waals surface area contributed by atoms with E-state index in [1.165, 1.54) is 11.1 Å². The largest absolute Gasteiger partial charge is 0.343 e. The quantitative estimate of drug-likeness (QED) is 0.328. The van der Waals surface area contributed by atoms with Gasteiger partial charge in [-0.3, -0.25) is 14.3 Å². The first kappa shape index (κ1) is 28.1. The molecule has 0 aliphatic carbocycles. The molecule has 2 atom stereocenters. The fraction of sp³-hybridized carbons (Fsp3) is 0.333. The predicted octanol–water partition coefficient (Wildman–Crippen LogP) is 3.93. The van der Waals surface area contributed by atoms with Gasteiger partial charge in [-0.25, -0.2) is 4.98 Å². The summed E-state index contributed by atoms with van der Waals surface area (Å²) < 4.78 is 1.88. The summed E-state index contributed by atoms with van der Waals surface area (Å²) in [6.07, 6.45) is 5.86. The van der Waals surface area contributed by atoms with Gasteiger partial charge in [-0.1, -0.05) is 78.3 Å². The lowest BCUT2D eigenvalue weighted by Gasteiger charge is -2.43. The van der Waals surface area contributed by atoms with Crippen LogP contribution in [-0.4, -0.2) is 56.7 Å². The number of aromatic nitrogens is 3. The Labute approximate surface area is 251 Å². The molecule has 3 heterocycles. The number of rotatable bonds is 8. The minimum absolute atomic E-state index is 0.0584. The SMILES string of the molecule is O=C(NC(Cc1ccc(Cl)cc1)C(=O)N1CCC(Cn2cncn2)(c2ccccc2)CC1)C1Cc2ccccc2CN1. The molecule has 3 aromatic carbocycles. The summed E-state index contributed by atoms with van der Waals surface area (Å²) in [7, 11) is 0. The Morgan fingerprint density at radius 1 is 0.976 bits per heavy atom. The Hall–Kier alpha value is -4.01.